The molecule has 0 bridgehead atoms. The van der Waals surface area contributed by atoms with Crippen LogP contribution in [0, 0.1) is 0 Å². The smallest absolute Gasteiger partial charge is 0.142 e. The number of methoxy groups -OCH3 is 1. The van der Waals surface area contributed by atoms with Gasteiger partial charge < -0.3 is 14.3 Å². The van der Waals surface area contributed by atoms with E-state index in [4.69, 9.17) is 9.72 Å². The lowest BCUT2D eigenvalue weighted by Crippen LogP contribution is -2.30. The Kier molecular flexibility index (Phi) is 7.34. The Bertz CT molecular complexity index is 882. The molecule has 0 amide bonds. The molecule has 1 saturated carbocycles. The molecule has 144 valence electrons. The number of rotatable bonds is 9. The third kappa shape index (κ3) is 5.81. The van der Waals surface area contributed by atoms with Crippen molar-refractivity contribution in [3.8, 4) is 0 Å². The summed E-state index contributed by atoms with van der Waals surface area (Å²) in [7, 11) is 5.37. The predicted octanol–water partition coefficient (Wildman–Crippen LogP) is 2.49. The zero-order chi connectivity index (χ0) is 19.8. The molecule has 0 saturated heterocycles. The fourth-order valence-corrected chi connectivity index (χ4v) is 2.57. The Morgan fingerprint density at radius 2 is 2.07 bits per heavy atom. The van der Waals surface area contributed by atoms with Gasteiger partial charge in [-0.1, -0.05) is 25.3 Å². The summed E-state index contributed by atoms with van der Waals surface area (Å²) in [6, 6.07) is 0.468. The van der Waals surface area contributed by atoms with Gasteiger partial charge in [0.1, 0.15) is 12.1 Å². The first-order valence-electron chi connectivity index (χ1n) is 9.02. The van der Waals surface area contributed by atoms with Crippen molar-refractivity contribution in [3.05, 3.63) is 47.7 Å². The summed E-state index contributed by atoms with van der Waals surface area (Å²) in [6.45, 7) is 10.2. The highest BCUT2D eigenvalue weighted by Crippen LogP contribution is 2.35. The van der Waals surface area contributed by atoms with E-state index in [1.54, 1.807) is 30.7 Å². The lowest BCUT2D eigenvalue weighted by atomic mass is 10.2. The maximum atomic E-state index is 4.85. The normalized spacial score (nSPS) is 16.1. The molecule has 1 fully saturated rings. The second-order valence-electron chi connectivity index (χ2n) is 6.58. The molecule has 0 unspecified atom stereocenters. The Morgan fingerprint density at radius 1 is 1.33 bits per heavy atom. The van der Waals surface area contributed by atoms with Crippen LogP contribution in [0.15, 0.2) is 41.3 Å². The second-order valence-corrected chi connectivity index (χ2v) is 6.58. The number of aliphatic imine (C=N–C) groups is 1. The van der Waals surface area contributed by atoms with Crippen LogP contribution in [0.1, 0.15) is 38.1 Å². The van der Waals surface area contributed by atoms with Crippen LogP contribution in [0.2, 0.25) is 0 Å². The van der Waals surface area contributed by atoms with E-state index < -0.39 is 0 Å². The Balaban J connectivity index is 2.37. The second kappa shape index (κ2) is 9.71. The first kappa shape index (κ1) is 20.4. The molecule has 6 heteroatoms. The van der Waals surface area contributed by atoms with Gasteiger partial charge in [0, 0.05) is 38.1 Å². The van der Waals surface area contributed by atoms with E-state index in [0.717, 1.165) is 40.5 Å². The fraction of sp³-hybridized carbons (Fsp3) is 0.381. The van der Waals surface area contributed by atoms with Crippen molar-refractivity contribution < 1.29 is 4.74 Å². The van der Waals surface area contributed by atoms with Gasteiger partial charge >= 0.3 is 0 Å². The lowest BCUT2D eigenvalue weighted by molar-refractivity contribution is 0.337. The lowest BCUT2D eigenvalue weighted by Gasteiger charge is -2.06. The van der Waals surface area contributed by atoms with Gasteiger partial charge in [0.15, 0.2) is 0 Å². The standard InChI is InChI=1S/C21H29N5O/c1-7-19-20(11-8-16(2)14-23-25(4)5)26(18-9-10-18)21(24-19)17(3)15-22-12-13-27-6/h7,11-15,18H,2-3,8-10H2,1,4-6H3/b13-12+,19-7+,20-11+,22-15?,23-14-. The molecule has 27 heavy (non-hydrogen) atoms. The summed E-state index contributed by atoms with van der Waals surface area (Å²) in [5, 5.41) is 8.06. The van der Waals surface area contributed by atoms with E-state index in [0.29, 0.717) is 12.5 Å². The molecule has 2 rings (SSSR count). The highest BCUT2D eigenvalue weighted by atomic mass is 16.5. The van der Waals surface area contributed by atoms with Gasteiger partial charge in [-0.3, -0.25) is 4.99 Å². The summed E-state index contributed by atoms with van der Waals surface area (Å²) < 4.78 is 7.13. The number of hydrogen-bond donors (Lipinski definition) is 0. The maximum absolute atomic E-state index is 4.85. The van der Waals surface area contributed by atoms with Crippen molar-refractivity contribution in [2.45, 2.75) is 32.2 Å². The van der Waals surface area contributed by atoms with Crippen molar-refractivity contribution in [3.63, 3.8) is 0 Å². The first-order valence-corrected chi connectivity index (χ1v) is 9.02. The van der Waals surface area contributed by atoms with Crippen molar-refractivity contribution in [2.24, 2.45) is 10.1 Å². The van der Waals surface area contributed by atoms with Crippen molar-refractivity contribution in [1.82, 2.24) is 14.6 Å². The summed E-state index contributed by atoms with van der Waals surface area (Å²) in [5.74, 6) is 0.860. The molecular weight excluding hydrogens is 338 g/mol. The van der Waals surface area contributed by atoms with Crippen molar-refractivity contribution in [1.29, 1.82) is 0 Å². The highest BCUT2D eigenvalue weighted by molar-refractivity contribution is 6.07. The third-order valence-electron chi connectivity index (χ3n) is 3.99. The topological polar surface area (TPSA) is 55.0 Å². The summed E-state index contributed by atoms with van der Waals surface area (Å²) in [6.07, 6.45) is 13.8. The van der Waals surface area contributed by atoms with E-state index in [9.17, 15) is 0 Å². The molecule has 1 aliphatic rings. The Labute approximate surface area is 161 Å². The largest absolute Gasteiger partial charge is 0.503 e. The van der Waals surface area contributed by atoms with Gasteiger partial charge in [-0.25, -0.2) is 4.98 Å². The van der Waals surface area contributed by atoms with Crippen LogP contribution in [0.3, 0.4) is 0 Å². The molecule has 1 heterocycles. The summed E-state index contributed by atoms with van der Waals surface area (Å²) >= 11 is 0. The zero-order valence-electron chi connectivity index (χ0n) is 16.7. The van der Waals surface area contributed by atoms with Crippen LogP contribution in [-0.4, -0.2) is 48.2 Å². The van der Waals surface area contributed by atoms with Crippen LogP contribution in [0.5, 0.6) is 0 Å². The minimum Gasteiger partial charge on any atom is -0.503 e. The molecular formula is C21H29N5O. The first-order chi connectivity index (χ1) is 13.0. The number of hydrogen-bond acceptors (Lipinski definition) is 5. The zero-order valence-corrected chi connectivity index (χ0v) is 16.7. The Morgan fingerprint density at radius 3 is 2.67 bits per heavy atom. The summed E-state index contributed by atoms with van der Waals surface area (Å²) in [4.78, 5) is 9.00. The van der Waals surface area contributed by atoms with Gasteiger partial charge in [-0.2, -0.15) is 5.10 Å². The van der Waals surface area contributed by atoms with Gasteiger partial charge in [-0.05, 0) is 31.8 Å². The number of hydrazone groups is 1. The minimum atomic E-state index is 0.468. The van der Waals surface area contributed by atoms with Crippen LogP contribution < -0.4 is 10.7 Å². The average Bonchev–Trinajstić information content (AvgIpc) is 3.41. The van der Waals surface area contributed by atoms with Crippen LogP contribution in [-0.2, 0) is 4.74 Å². The van der Waals surface area contributed by atoms with Gasteiger partial charge in [-0.15, -0.1) is 0 Å². The van der Waals surface area contributed by atoms with E-state index in [-0.39, 0.29) is 0 Å². The van der Waals surface area contributed by atoms with Crippen LogP contribution in [0.25, 0.3) is 17.7 Å². The number of allylic oxidation sites excluding steroid dienone is 2. The van der Waals surface area contributed by atoms with Crippen LogP contribution >= 0.6 is 0 Å². The Hall–Kier alpha value is -2.89. The van der Waals surface area contributed by atoms with Crippen molar-refractivity contribution >= 4 is 30.2 Å². The van der Waals surface area contributed by atoms with Gasteiger partial charge in [0.25, 0.3) is 0 Å². The van der Waals surface area contributed by atoms with Gasteiger partial charge in [0.2, 0.25) is 0 Å². The monoisotopic (exact) mass is 367 g/mol. The molecule has 0 radical (unpaired) electrons. The molecule has 0 atom stereocenters. The minimum absolute atomic E-state index is 0.468. The molecule has 0 aromatic carbocycles. The maximum Gasteiger partial charge on any atom is 0.142 e. The number of imidazole rings is 1. The quantitative estimate of drug-likeness (QED) is 0.383. The molecule has 1 aromatic rings. The molecule has 0 aliphatic heterocycles. The van der Waals surface area contributed by atoms with E-state index in [2.05, 4.69) is 33.9 Å². The predicted molar refractivity (Wildman–Crippen MR) is 114 cm³/mol. The number of nitrogens with zero attached hydrogens (tertiary/aromatic N) is 5. The third-order valence-corrected chi connectivity index (χ3v) is 3.99. The van der Waals surface area contributed by atoms with Gasteiger partial charge in [0.05, 0.1) is 24.0 Å². The average molecular weight is 367 g/mol. The SMILES string of the molecule is C=C(/C=N\N(C)C)C/C=c1\c(=C/C)nc(C(=C)C=N/C=C/OC)n1C1CC1. The molecule has 0 N–H and O–H groups in total. The molecule has 6 nitrogen and oxygen atoms in total. The van der Waals surface area contributed by atoms with E-state index >= 15 is 0 Å². The van der Waals surface area contributed by atoms with Crippen molar-refractivity contribution in [2.75, 3.05) is 21.2 Å². The number of ether oxygens (including phenoxy) is 1. The molecule has 0 spiro atoms. The molecule has 1 aliphatic carbocycles. The highest BCUT2D eigenvalue weighted by Gasteiger charge is 2.27. The van der Waals surface area contributed by atoms with E-state index in [1.165, 1.54) is 6.26 Å². The number of aromatic nitrogens is 2. The fourth-order valence-electron chi connectivity index (χ4n) is 2.57. The molecule has 1 aromatic heterocycles. The van der Waals surface area contributed by atoms with Crippen LogP contribution in [0.4, 0.5) is 0 Å². The summed E-state index contributed by atoms with van der Waals surface area (Å²) in [5.41, 5.74) is 1.72. The van der Waals surface area contributed by atoms with E-state index in [1.807, 2.05) is 27.1 Å².